The van der Waals surface area contributed by atoms with Gasteiger partial charge in [0.05, 0.1) is 13.2 Å². The number of esters is 1. The average Bonchev–Trinajstić information content (AvgIpc) is 3.27. The van der Waals surface area contributed by atoms with Crippen LogP contribution in [0.4, 0.5) is 0 Å². The molecule has 2 rings (SSSR count). The highest BCUT2D eigenvalue weighted by molar-refractivity contribution is 5.96. The molecule has 12 nitrogen and oxygen atoms in total. The van der Waals surface area contributed by atoms with Gasteiger partial charge in [0.2, 0.25) is 17.7 Å². The Balaban J connectivity index is 1.96. The van der Waals surface area contributed by atoms with Gasteiger partial charge >= 0.3 is 5.97 Å². The van der Waals surface area contributed by atoms with Crippen molar-refractivity contribution >= 4 is 29.6 Å². The minimum Gasteiger partial charge on any atom is -0.463 e. The molecular formula is C24H35N5O7. The predicted molar refractivity (Wildman–Crippen MR) is 128 cm³/mol. The first-order chi connectivity index (χ1) is 17.1. The number of nitrogens with one attached hydrogen (secondary N) is 4. The fraction of sp³-hybridized carbons (Fsp3) is 0.583. The van der Waals surface area contributed by atoms with Gasteiger partial charge < -0.3 is 30.5 Å². The quantitative estimate of drug-likeness (QED) is 0.233. The predicted octanol–water partition coefficient (Wildman–Crippen LogP) is 0.374. The summed E-state index contributed by atoms with van der Waals surface area (Å²) in [5, 5.41) is 14.3. The van der Waals surface area contributed by atoms with Crippen LogP contribution < -0.4 is 21.3 Å². The summed E-state index contributed by atoms with van der Waals surface area (Å²) >= 11 is 0. The number of aromatic nitrogens is 1. The van der Waals surface area contributed by atoms with Crippen molar-refractivity contribution in [3.8, 4) is 0 Å². The van der Waals surface area contributed by atoms with E-state index in [9.17, 15) is 24.0 Å². The number of ether oxygens (including phenoxy) is 1. The molecule has 198 valence electrons. The maximum absolute atomic E-state index is 12.7. The van der Waals surface area contributed by atoms with Gasteiger partial charge in [-0.3, -0.25) is 19.2 Å². The van der Waals surface area contributed by atoms with E-state index in [0.717, 1.165) is 6.42 Å². The first-order valence-electron chi connectivity index (χ1n) is 12.0. The maximum Gasteiger partial charge on any atom is 0.330 e. The second-order valence-corrected chi connectivity index (χ2v) is 8.89. The first kappa shape index (κ1) is 28.5. The van der Waals surface area contributed by atoms with E-state index in [1.165, 1.54) is 18.2 Å². The van der Waals surface area contributed by atoms with Crippen molar-refractivity contribution in [3.63, 3.8) is 0 Å². The summed E-state index contributed by atoms with van der Waals surface area (Å²) in [6.45, 7) is 7.29. The van der Waals surface area contributed by atoms with Gasteiger partial charge in [-0.1, -0.05) is 25.1 Å². The average molecular weight is 506 g/mol. The standard InChI is InChI=1S/C24H35N5O7/c1-5-35-20(31)9-8-17(12-16-7-6-10-25-22(16)32)27-19(30)13-26-24(34)21(14(2)3)28-23(33)18-11-15(4)36-29-18/h8-9,11,14,16-17,21H,5-7,10,12-13H2,1-4H3,(H,25,32)(H,26,34)(H,27,30)(H,28,33)/b9-8+/t16-,17+,21-/m0/s1. The molecule has 0 aliphatic carbocycles. The number of rotatable bonds is 12. The molecule has 3 atom stereocenters. The molecular weight excluding hydrogens is 470 g/mol. The van der Waals surface area contributed by atoms with Gasteiger partial charge in [0.15, 0.2) is 5.69 Å². The molecule has 2 heterocycles. The summed E-state index contributed by atoms with van der Waals surface area (Å²) in [4.78, 5) is 61.6. The normalized spacial score (nSPS) is 17.2. The minimum absolute atomic E-state index is 0.0478. The lowest BCUT2D eigenvalue weighted by molar-refractivity contribution is -0.137. The molecule has 1 aromatic rings. The second-order valence-electron chi connectivity index (χ2n) is 8.89. The van der Waals surface area contributed by atoms with E-state index in [1.807, 2.05) is 0 Å². The van der Waals surface area contributed by atoms with Crippen LogP contribution in [0.1, 0.15) is 56.3 Å². The Morgan fingerprint density at radius 1 is 1.28 bits per heavy atom. The summed E-state index contributed by atoms with van der Waals surface area (Å²) in [5.74, 6) is -2.41. The van der Waals surface area contributed by atoms with Gasteiger partial charge in [-0.25, -0.2) is 4.79 Å². The molecule has 4 N–H and O–H groups in total. The third kappa shape index (κ3) is 9.16. The molecule has 0 spiro atoms. The number of hydrogen-bond acceptors (Lipinski definition) is 8. The van der Waals surface area contributed by atoms with Crippen LogP contribution >= 0.6 is 0 Å². The lowest BCUT2D eigenvalue weighted by Crippen LogP contribution is -2.52. The Morgan fingerprint density at radius 3 is 2.64 bits per heavy atom. The largest absolute Gasteiger partial charge is 0.463 e. The Morgan fingerprint density at radius 2 is 2.03 bits per heavy atom. The molecule has 0 bridgehead atoms. The van der Waals surface area contributed by atoms with Crippen LogP contribution in [0.5, 0.6) is 0 Å². The zero-order chi connectivity index (χ0) is 26.7. The van der Waals surface area contributed by atoms with Crippen LogP contribution in [0.25, 0.3) is 0 Å². The highest BCUT2D eigenvalue weighted by Crippen LogP contribution is 2.18. The number of hydrogen-bond donors (Lipinski definition) is 4. The summed E-state index contributed by atoms with van der Waals surface area (Å²) in [6, 6.07) is -0.0781. The van der Waals surface area contributed by atoms with Crippen LogP contribution in [0.15, 0.2) is 22.7 Å². The highest BCUT2D eigenvalue weighted by atomic mass is 16.5. The van der Waals surface area contributed by atoms with Crippen molar-refractivity contribution in [1.82, 2.24) is 26.4 Å². The van der Waals surface area contributed by atoms with Gasteiger partial charge in [-0.2, -0.15) is 0 Å². The molecule has 1 fully saturated rings. The zero-order valence-electron chi connectivity index (χ0n) is 21.1. The van der Waals surface area contributed by atoms with Gasteiger partial charge in [0.1, 0.15) is 11.8 Å². The van der Waals surface area contributed by atoms with Gasteiger partial charge in [0.25, 0.3) is 5.91 Å². The maximum atomic E-state index is 12.7. The van der Waals surface area contributed by atoms with E-state index < -0.39 is 35.8 Å². The van der Waals surface area contributed by atoms with Gasteiger partial charge in [0, 0.05) is 30.6 Å². The SMILES string of the molecule is CCOC(=O)/C=C/[C@H](C[C@@H]1CCCNC1=O)NC(=O)CNC(=O)[C@@H](NC(=O)c1cc(C)on1)C(C)C. The Labute approximate surface area is 209 Å². The first-order valence-corrected chi connectivity index (χ1v) is 12.0. The Kier molecular flexibility index (Phi) is 11.1. The van der Waals surface area contributed by atoms with Crippen molar-refractivity contribution in [2.45, 2.75) is 59.0 Å². The number of aryl methyl sites for hydroxylation is 1. The monoisotopic (exact) mass is 505 g/mol. The molecule has 1 saturated heterocycles. The number of nitrogens with zero attached hydrogens (tertiary/aromatic N) is 1. The van der Waals surface area contributed by atoms with Crippen LogP contribution in [0, 0.1) is 18.8 Å². The molecule has 1 aromatic heterocycles. The van der Waals surface area contributed by atoms with Crippen molar-refractivity contribution in [2.75, 3.05) is 19.7 Å². The number of piperidine rings is 1. The summed E-state index contributed by atoms with van der Waals surface area (Å²) in [5.41, 5.74) is 0.0478. The fourth-order valence-corrected chi connectivity index (χ4v) is 3.70. The Hall–Kier alpha value is -3.70. The summed E-state index contributed by atoms with van der Waals surface area (Å²) in [7, 11) is 0. The summed E-state index contributed by atoms with van der Waals surface area (Å²) in [6.07, 6.45) is 4.48. The second kappa shape index (κ2) is 14.0. The number of amides is 4. The van der Waals surface area contributed by atoms with Crippen molar-refractivity contribution in [3.05, 3.63) is 29.7 Å². The fourth-order valence-electron chi connectivity index (χ4n) is 3.70. The van der Waals surface area contributed by atoms with Crippen LogP contribution in [0.3, 0.4) is 0 Å². The van der Waals surface area contributed by atoms with Crippen molar-refractivity contribution in [1.29, 1.82) is 0 Å². The molecule has 1 aliphatic rings. The van der Waals surface area contributed by atoms with E-state index in [1.54, 1.807) is 27.7 Å². The third-order valence-electron chi connectivity index (χ3n) is 5.55. The van der Waals surface area contributed by atoms with Gasteiger partial charge in [-0.15, -0.1) is 0 Å². The van der Waals surface area contributed by atoms with Crippen LogP contribution in [-0.2, 0) is 23.9 Å². The Bertz CT molecular complexity index is 972. The molecule has 0 aromatic carbocycles. The number of carbonyl (C=O) groups excluding carboxylic acids is 5. The molecule has 0 unspecified atom stereocenters. The zero-order valence-corrected chi connectivity index (χ0v) is 21.1. The van der Waals surface area contributed by atoms with E-state index in [0.29, 0.717) is 25.1 Å². The minimum atomic E-state index is -0.909. The molecule has 12 heteroatoms. The summed E-state index contributed by atoms with van der Waals surface area (Å²) < 4.78 is 9.77. The highest BCUT2D eigenvalue weighted by Gasteiger charge is 2.28. The van der Waals surface area contributed by atoms with E-state index in [-0.39, 0.29) is 36.6 Å². The van der Waals surface area contributed by atoms with Crippen molar-refractivity contribution in [2.24, 2.45) is 11.8 Å². The van der Waals surface area contributed by atoms with Crippen LogP contribution in [-0.4, -0.2) is 66.5 Å². The molecule has 0 saturated carbocycles. The molecule has 36 heavy (non-hydrogen) atoms. The smallest absolute Gasteiger partial charge is 0.330 e. The van der Waals surface area contributed by atoms with Crippen LogP contribution in [0.2, 0.25) is 0 Å². The molecule has 4 amide bonds. The lowest BCUT2D eigenvalue weighted by atomic mass is 9.91. The van der Waals surface area contributed by atoms with E-state index in [2.05, 4.69) is 26.4 Å². The molecule has 0 radical (unpaired) electrons. The third-order valence-corrected chi connectivity index (χ3v) is 5.55. The topological polar surface area (TPSA) is 169 Å². The number of carbonyl (C=O) groups is 5. The van der Waals surface area contributed by atoms with Crippen molar-refractivity contribution < 1.29 is 33.2 Å². The van der Waals surface area contributed by atoms with Gasteiger partial charge in [-0.05, 0) is 39.0 Å². The molecule has 1 aliphatic heterocycles. The van der Waals surface area contributed by atoms with E-state index >= 15 is 0 Å². The van der Waals surface area contributed by atoms with E-state index in [4.69, 9.17) is 9.26 Å². The lowest BCUT2D eigenvalue weighted by Gasteiger charge is -2.25.